The molecule has 6 nitrogen and oxygen atoms in total. The SMILES string of the molecule is COc1ccccc1OCCC(=O)Nc1ccnn1CC(C)C. The molecule has 1 aromatic heterocycles. The Morgan fingerprint density at radius 3 is 2.70 bits per heavy atom. The van der Waals surface area contributed by atoms with Gasteiger partial charge in [-0.3, -0.25) is 4.79 Å². The summed E-state index contributed by atoms with van der Waals surface area (Å²) < 4.78 is 12.6. The van der Waals surface area contributed by atoms with Gasteiger partial charge in [0.05, 0.1) is 26.3 Å². The Hall–Kier alpha value is -2.50. The molecule has 1 aromatic carbocycles. The summed E-state index contributed by atoms with van der Waals surface area (Å²) in [6, 6.07) is 9.16. The lowest BCUT2D eigenvalue weighted by molar-refractivity contribution is -0.116. The molecule has 0 aliphatic rings. The van der Waals surface area contributed by atoms with Crippen LogP contribution in [0.2, 0.25) is 0 Å². The predicted molar refractivity (Wildman–Crippen MR) is 88.8 cm³/mol. The van der Waals surface area contributed by atoms with Gasteiger partial charge in [0.25, 0.3) is 0 Å². The standard InChI is InChI=1S/C17H23N3O3/c1-13(2)12-20-16(8-10-18-20)19-17(21)9-11-23-15-7-5-4-6-14(15)22-3/h4-8,10,13H,9,11-12H2,1-3H3,(H,19,21). The highest BCUT2D eigenvalue weighted by Crippen LogP contribution is 2.25. The number of para-hydroxylation sites is 2. The zero-order valence-electron chi connectivity index (χ0n) is 13.8. The van der Waals surface area contributed by atoms with Crippen LogP contribution in [-0.2, 0) is 11.3 Å². The van der Waals surface area contributed by atoms with Crippen molar-refractivity contribution in [3.63, 3.8) is 0 Å². The van der Waals surface area contributed by atoms with Gasteiger partial charge in [-0.15, -0.1) is 0 Å². The third-order valence-electron chi connectivity index (χ3n) is 3.18. The van der Waals surface area contributed by atoms with Gasteiger partial charge in [-0.05, 0) is 18.1 Å². The first-order valence-corrected chi connectivity index (χ1v) is 7.67. The summed E-state index contributed by atoms with van der Waals surface area (Å²) >= 11 is 0. The van der Waals surface area contributed by atoms with Crippen molar-refractivity contribution >= 4 is 11.7 Å². The number of methoxy groups -OCH3 is 1. The Balaban J connectivity index is 1.83. The monoisotopic (exact) mass is 317 g/mol. The lowest BCUT2D eigenvalue weighted by Gasteiger charge is -2.12. The second-order valence-corrected chi connectivity index (χ2v) is 5.59. The molecule has 23 heavy (non-hydrogen) atoms. The maximum absolute atomic E-state index is 12.0. The van der Waals surface area contributed by atoms with Crippen LogP contribution in [0.3, 0.4) is 0 Å². The lowest BCUT2D eigenvalue weighted by Crippen LogP contribution is -2.19. The highest BCUT2D eigenvalue weighted by Gasteiger charge is 2.09. The number of benzene rings is 1. The molecule has 0 radical (unpaired) electrons. The van der Waals surface area contributed by atoms with Crippen molar-refractivity contribution in [2.24, 2.45) is 5.92 Å². The summed E-state index contributed by atoms with van der Waals surface area (Å²) in [4.78, 5) is 12.0. The first kappa shape index (κ1) is 16.9. The quantitative estimate of drug-likeness (QED) is 0.813. The lowest BCUT2D eigenvalue weighted by atomic mass is 10.2. The summed E-state index contributed by atoms with van der Waals surface area (Å²) in [5.74, 6) is 2.35. The van der Waals surface area contributed by atoms with E-state index in [1.54, 1.807) is 24.1 Å². The molecule has 1 amide bonds. The van der Waals surface area contributed by atoms with E-state index in [4.69, 9.17) is 9.47 Å². The number of amides is 1. The van der Waals surface area contributed by atoms with Crippen molar-refractivity contribution in [1.82, 2.24) is 9.78 Å². The number of anilines is 1. The van der Waals surface area contributed by atoms with Crippen LogP contribution in [-0.4, -0.2) is 29.4 Å². The molecule has 0 aliphatic heterocycles. The molecule has 0 saturated carbocycles. The number of rotatable bonds is 8. The predicted octanol–water partition coefficient (Wildman–Crippen LogP) is 2.96. The van der Waals surface area contributed by atoms with Gasteiger partial charge in [0.1, 0.15) is 5.82 Å². The molecule has 0 fully saturated rings. The molecule has 2 rings (SSSR count). The third kappa shape index (κ3) is 5.02. The molecule has 1 heterocycles. The number of hydrogen-bond donors (Lipinski definition) is 1. The van der Waals surface area contributed by atoms with E-state index in [9.17, 15) is 4.79 Å². The molecule has 0 unspecified atom stereocenters. The van der Waals surface area contributed by atoms with Crippen molar-refractivity contribution in [2.75, 3.05) is 19.0 Å². The molecule has 2 aromatic rings. The minimum atomic E-state index is -0.106. The first-order chi connectivity index (χ1) is 11.1. The van der Waals surface area contributed by atoms with E-state index in [0.29, 0.717) is 23.2 Å². The van der Waals surface area contributed by atoms with Crippen molar-refractivity contribution in [1.29, 1.82) is 0 Å². The van der Waals surface area contributed by atoms with Gasteiger partial charge in [0.2, 0.25) is 5.91 Å². The van der Waals surface area contributed by atoms with Crippen molar-refractivity contribution in [2.45, 2.75) is 26.8 Å². The van der Waals surface area contributed by atoms with Gasteiger partial charge in [-0.2, -0.15) is 5.10 Å². The fourth-order valence-corrected chi connectivity index (χ4v) is 2.13. The van der Waals surface area contributed by atoms with Crippen molar-refractivity contribution in [3.05, 3.63) is 36.5 Å². The molecule has 1 N–H and O–H groups in total. The van der Waals surface area contributed by atoms with Gasteiger partial charge in [-0.1, -0.05) is 26.0 Å². The Kier molecular flexibility index (Phi) is 6.02. The van der Waals surface area contributed by atoms with Gasteiger partial charge >= 0.3 is 0 Å². The van der Waals surface area contributed by atoms with Gasteiger partial charge in [0.15, 0.2) is 11.5 Å². The topological polar surface area (TPSA) is 65.4 Å². The Bertz CT molecular complexity index is 638. The average molecular weight is 317 g/mol. The molecule has 0 bridgehead atoms. The molecule has 6 heteroatoms. The van der Waals surface area contributed by atoms with E-state index in [2.05, 4.69) is 24.3 Å². The smallest absolute Gasteiger partial charge is 0.228 e. The van der Waals surface area contributed by atoms with Crippen LogP contribution in [0.1, 0.15) is 20.3 Å². The van der Waals surface area contributed by atoms with E-state index in [-0.39, 0.29) is 18.9 Å². The molecular formula is C17H23N3O3. The van der Waals surface area contributed by atoms with E-state index in [0.717, 1.165) is 6.54 Å². The second kappa shape index (κ2) is 8.22. The van der Waals surface area contributed by atoms with E-state index >= 15 is 0 Å². The molecule has 0 aliphatic carbocycles. The highest BCUT2D eigenvalue weighted by atomic mass is 16.5. The van der Waals surface area contributed by atoms with Crippen molar-refractivity contribution < 1.29 is 14.3 Å². The fraction of sp³-hybridized carbons (Fsp3) is 0.412. The molecular weight excluding hydrogens is 294 g/mol. The molecule has 124 valence electrons. The van der Waals surface area contributed by atoms with E-state index in [1.165, 1.54) is 0 Å². The zero-order chi connectivity index (χ0) is 16.7. The normalized spacial score (nSPS) is 10.6. The number of nitrogens with one attached hydrogen (secondary N) is 1. The van der Waals surface area contributed by atoms with Crippen LogP contribution in [0.5, 0.6) is 11.5 Å². The maximum atomic E-state index is 12.0. The Labute approximate surface area is 136 Å². The van der Waals surface area contributed by atoms with Crippen LogP contribution in [0.25, 0.3) is 0 Å². The van der Waals surface area contributed by atoms with E-state index in [1.807, 2.05) is 24.3 Å². The van der Waals surface area contributed by atoms with Gasteiger partial charge in [-0.25, -0.2) is 4.68 Å². The van der Waals surface area contributed by atoms with Crippen LogP contribution < -0.4 is 14.8 Å². The number of carbonyl (C=O) groups is 1. The summed E-state index contributed by atoms with van der Waals surface area (Å²) in [7, 11) is 1.59. The molecule has 0 spiro atoms. The van der Waals surface area contributed by atoms with E-state index < -0.39 is 0 Å². The van der Waals surface area contributed by atoms with Crippen molar-refractivity contribution in [3.8, 4) is 11.5 Å². The van der Waals surface area contributed by atoms with Gasteiger partial charge < -0.3 is 14.8 Å². The largest absolute Gasteiger partial charge is 0.493 e. The molecule has 0 atom stereocenters. The summed E-state index contributed by atoms with van der Waals surface area (Å²) in [5.41, 5.74) is 0. The Morgan fingerprint density at radius 2 is 2.00 bits per heavy atom. The Morgan fingerprint density at radius 1 is 1.26 bits per heavy atom. The zero-order valence-corrected chi connectivity index (χ0v) is 13.8. The minimum Gasteiger partial charge on any atom is -0.493 e. The van der Waals surface area contributed by atoms with Crippen LogP contribution >= 0.6 is 0 Å². The van der Waals surface area contributed by atoms with Crippen LogP contribution in [0.15, 0.2) is 36.5 Å². The fourth-order valence-electron chi connectivity index (χ4n) is 2.13. The second-order valence-electron chi connectivity index (χ2n) is 5.59. The number of ether oxygens (including phenoxy) is 2. The van der Waals surface area contributed by atoms with Gasteiger partial charge in [0, 0.05) is 12.6 Å². The number of carbonyl (C=O) groups excluding carboxylic acids is 1. The average Bonchev–Trinajstić information content (AvgIpc) is 2.94. The maximum Gasteiger partial charge on any atom is 0.228 e. The minimum absolute atomic E-state index is 0.106. The summed E-state index contributed by atoms with van der Waals surface area (Å²) in [6.45, 7) is 5.26. The number of aromatic nitrogens is 2. The molecule has 0 saturated heterocycles. The van der Waals surface area contributed by atoms with Crippen LogP contribution in [0, 0.1) is 5.92 Å². The number of hydrogen-bond acceptors (Lipinski definition) is 4. The summed E-state index contributed by atoms with van der Waals surface area (Å²) in [6.07, 6.45) is 1.94. The summed E-state index contributed by atoms with van der Waals surface area (Å²) in [5, 5.41) is 7.08. The highest BCUT2D eigenvalue weighted by molar-refractivity contribution is 5.89. The third-order valence-corrected chi connectivity index (χ3v) is 3.18. The first-order valence-electron chi connectivity index (χ1n) is 7.67. The van der Waals surface area contributed by atoms with Crippen LogP contribution in [0.4, 0.5) is 5.82 Å². The number of nitrogens with zero attached hydrogens (tertiary/aromatic N) is 2.